The van der Waals surface area contributed by atoms with Crippen molar-refractivity contribution >= 4 is 0 Å². The molecule has 0 N–H and O–H groups in total. The molecule has 6 fully saturated rings. The van der Waals surface area contributed by atoms with E-state index < -0.39 is 11.2 Å². The van der Waals surface area contributed by atoms with Crippen molar-refractivity contribution in [2.75, 3.05) is 33.0 Å². The van der Waals surface area contributed by atoms with Gasteiger partial charge in [0.1, 0.15) is 53.4 Å². The third-order valence-corrected chi connectivity index (χ3v) is 10.7. The molecule has 6 bridgehead atoms. The number of rotatable bonds is 15. The van der Waals surface area contributed by atoms with Gasteiger partial charge >= 0.3 is 0 Å². The number of ether oxygens (including phenoxy) is 12. The zero-order chi connectivity index (χ0) is 39.5. The lowest BCUT2D eigenvalue weighted by Gasteiger charge is -2.39. The van der Waals surface area contributed by atoms with Crippen LogP contribution in [-0.2, 0) is 56.8 Å². The van der Waals surface area contributed by atoms with Crippen molar-refractivity contribution in [1.29, 1.82) is 0 Å². The fourth-order valence-electron chi connectivity index (χ4n) is 8.30. The van der Waals surface area contributed by atoms with E-state index in [0.717, 1.165) is 13.0 Å². The predicted octanol–water partition coefficient (Wildman–Crippen LogP) is 6.06. The van der Waals surface area contributed by atoms with Crippen LogP contribution < -0.4 is 0 Å². The summed E-state index contributed by atoms with van der Waals surface area (Å²) in [6.45, 7) is 35.7. The Bertz CT molecular complexity index is 1090. The van der Waals surface area contributed by atoms with Gasteiger partial charge in [0.05, 0.1) is 94.1 Å². The lowest BCUT2D eigenvalue weighted by molar-refractivity contribution is -0.204. The molecule has 312 valence electrons. The van der Waals surface area contributed by atoms with E-state index in [4.69, 9.17) is 56.8 Å². The summed E-state index contributed by atoms with van der Waals surface area (Å²) in [6, 6.07) is 0. The van der Waals surface area contributed by atoms with E-state index in [2.05, 4.69) is 20.8 Å². The number of fused-ring (bicyclic) bond motifs is 6. The van der Waals surface area contributed by atoms with Gasteiger partial charge in [-0.3, -0.25) is 0 Å². The van der Waals surface area contributed by atoms with E-state index in [9.17, 15) is 0 Å². The first-order valence-electron chi connectivity index (χ1n) is 20.5. The van der Waals surface area contributed by atoms with Gasteiger partial charge in [-0.2, -0.15) is 0 Å². The SMILES string of the molecule is CC(C)OC[C@]12CCO[C@@H](C1OC(C)C)[C@H](C)O2.CC(C)OC[C@]12CO[C@@H](C1OC(C)C)[C@H](C)O2.CC(C)OC[C@]12O[C@@H](C)[C@@H](O[C@H]1C)C2OC(C)C. The molecule has 0 radical (unpaired) electrons. The molecule has 13 atom stereocenters. The molecule has 6 aliphatic heterocycles. The van der Waals surface area contributed by atoms with Crippen molar-refractivity contribution in [3.63, 3.8) is 0 Å². The third-order valence-electron chi connectivity index (χ3n) is 10.7. The summed E-state index contributed by atoms with van der Waals surface area (Å²) < 4.78 is 71.3. The van der Waals surface area contributed by atoms with Crippen LogP contribution in [0.3, 0.4) is 0 Å². The van der Waals surface area contributed by atoms with E-state index in [0.29, 0.717) is 26.4 Å². The van der Waals surface area contributed by atoms with Gasteiger partial charge in [0.15, 0.2) is 0 Å². The monoisotopic (exact) mass is 761 g/mol. The standard InChI is InChI=1S/2C14H26O4.C13H24O4/c1-8(2)15-7-14-11(6)17-12(10(5)18-14)13(14)16-9(3)4;1-9(2)16-8-14-6-7-15-12(11(5)18-14)13(14)17-10(3)4;1-8(2)14-6-13-7-15-11(10(5)17-13)12(13)16-9(3)4/h8-13H,7H2,1-6H3;9-13H,6-8H2,1-5H3;8-12H,6-7H2,1-5H3/t10-,11-,12+,13?,14-;11-,12+,13?,14+;10-,11+,12?,13-/m000/s1. The maximum atomic E-state index is 6.16. The molecule has 0 aromatic rings. The second-order valence-electron chi connectivity index (χ2n) is 17.6. The fourth-order valence-corrected chi connectivity index (χ4v) is 8.30. The van der Waals surface area contributed by atoms with Gasteiger partial charge in [0, 0.05) is 6.42 Å². The molecule has 3 unspecified atom stereocenters. The Kier molecular flexibility index (Phi) is 16.1. The summed E-state index contributed by atoms with van der Waals surface area (Å²) >= 11 is 0. The second-order valence-corrected chi connectivity index (χ2v) is 17.6. The van der Waals surface area contributed by atoms with Crippen LogP contribution in [0, 0.1) is 0 Å². The lowest BCUT2D eigenvalue weighted by Crippen LogP contribution is -2.54. The number of hydrogen-bond donors (Lipinski definition) is 0. The first-order chi connectivity index (χ1) is 24.8. The van der Waals surface area contributed by atoms with Crippen LogP contribution in [0.5, 0.6) is 0 Å². The Labute approximate surface area is 321 Å². The second kappa shape index (κ2) is 18.9. The average molecular weight is 761 g/mol. The van der Waals surface area contributed by atoms with E-state index in [-0.39, 0.29) is 103 Å². The maximum absolute atomic E-state index is 6.16. The minimum atomic E-state index is -0.446. The molecule has 0 amide bonds. The van der Waals surface area contributed by atoms with Crippen LogP contribution in [0.4, 0.5) is 0 Å². The zero-order valence-electron chi connectivity index (χ0n) is 35.9. The highest BCUT2D eigenvalue weighted by molar-refractivity contribution is 5.12. The highest BCUT2D eigenvalue weighted by Crippen LogP contribution is 2.47. The Morgan fingerprint density at radius 1 is 0.491 bits per heavy atom. The van der Waals surface area contributed by atoms with Gasteiger partial charge in [0.2, 0.25) is 0 Å². The smallest absolute Gasteiger partial charge is 0.146 e. The van der Waals surface area contributed by atoms with Crippen LogP contribution in [0.1, 0.15) is 117 Å². The van der Waals surface area contributed by atoms with Crippen LogP contribution in [0.2, 0.25) is 0 Å². The van der Waals surface area contributed by atoms with Gasteiger partial charge in [-0.15, -0.1) is 0 Å². The van der Waals surface area contributed by atoms with Gasteiger partial charge in [0.25, 0.3) is 0 Å². The topological polar surface area (TPSA) is 111 Å². The van der Waals surface area contributed by atoms with Gasteiger partial charge in [-0.25, -0.2) is 0 Å². The van der Waals surface area contributed by atoms with Crippen molar-refractivity contribution in [3.05, 3.63) is 0 Å². The van der Waals surface area contributed by atoms with Crippen molar-refractivity contribution < 1.29 is 56.8 Å². The van der Waals surface area contributed by atoms with Crippen molar-refractivity contribution in [2.24, 2.45) is 0 Å². The highest BCUT2D eigenvalue weighted by atomic mass is 16.7. The van der Waals surface area contributed by atoms with Crippen LogP contribution in [0.25, 0.3) is 0 Å². The molecule has 0 aliphatic carbocycles. The van der Waals surface area contributed by atoms with E-state index in [1.165, 1.54) is 0 Å². The first kappa shape index (κ1) is 45.2. The summed E-state index contributed by atoms with van der Waals surface area (Å²) in [7, 11) is 0. The van der Waals surface area contributed by atoms with Crippen LogP contribution in [-0.4, -0.2) is 148 Å². The fraction of sp³-hybridized carbons (Fsp3) is 1.00. The molecule has 0 spiro atoms. The Morgan fingerprint density at radius 2 is 0.925 bits per heavy atom. The molecule has 12 heteroatoms. The van der Waals surface area contributed by atoms with Gasteiger partial charge in [-0.1, -0.05) is 0 Å². The minimum Gasteiger partial charge on any atom is -0.376 e. The maximum Gasteiger partial charge on any atom is 0.146 e. The first-order valence-corrected chi connectivity index (χ1v) is 20.5. The molecule has 6 saturated heterocycles. The van der Waals surface area contributed by atoms with Crippen molar-refractivity contribution in [2.45, 2.75) is 232 Å². The Morgan fingerprint density at radius 3 is 1.43 bits per heavy atom. The highest BCUT2D eigenvalue weighted by Gasteiger charge is 2.65. The Hall–Kier alpha value is -0.480. The van der Waals surface area contributed by atoms with Crippen LogP contribution in [0.15, 0.2) is 0 Å². The average Bonchev–Trinajstić information content (AvgIpc) is 3.72. The third kappa shape index (κ3) is 10.5. The molecule has 0 aromatic heterocycles. The molecular weight excluding hydrogens is 684 g/mol. The predicted molar refractivity (Wildman–Crippen MR) is 202 cm³/mol. The van der Waals surface area contributed by atoms with Crippen LogP contribution >= 0.6 is 0 Å². The van der Waals surface area contributed by atoms with Gasteiger partial charge in [-0.05, 0) is 111 Å². The summed E-state index contributed by atoms with van der Waals surface area (Å²) in [4.78, 5) is 0. The van der Waals surface area contributed by atoms with Crippen molar-refractivity contribution in [3.8, 4) is 0 Å². The summed E-state index contributed by atoms with van der Waals surface area (Å²) in [5.74, 6) is 0. The molecule has 53 heavy (non-hydrogen) atoms. The van der Waals surface area contributed by atoms with Gasteiger partial charge < -0.3 is 56.8 Å². The minimum absolute atomic E-state index is 0.00347. The Balaban J connectivity index is 0.000000178. The summed E-state index contributed by atoms with van der Waals surface area (Å²) in [6.07, 6.45) is 2.27. The quantitative estimate of drug-likeness (QED) is 0.194. The molecule has 0 saturated carbocycles. The van der Waals surface area contributed by atoms with E-state index in [1.807, 2.05) is 90.0 Å². The van der Waals surface area contributed by atoms with E-state index >= 15 is 0 Å². The number of hydrogen-bond acceptors (Lipinski definition) is 12. The summed E-state index contributed by atoms with van der Waals surface area (Å²) in [5.41, 5.74) is -1.17. The molecule has 6 aliphatic rings. The lowest BCUT2D eigenvalue weighted by atomic mass is 9.89. The normalized spacial score (nSPS) is 41.3. The van der Waals surface area contributed by atoms with Crippen molar-refractivity contribution in [1.82, 2.24) is 0 Å². The molecular formula is C41H76O12. The molecule has 12 nitrogen and oxygen atoms in total. The largest absolute Gasteiger partial charge is 0.376 e. The molecule has 0 aromatic carbocycles. The van der Waals surface area contributed by atoms with E-state index in [1.54, 1.807) is 0 Å². The molecule has 6 heterocycles. The molecule has 6 rings (SSSR count). The summed E-state index contributed by atoms with van der Waals surface area (Å²) in [5, 5.41) is 0. The zero-order valence-corrected chi connectivity index (χ0v) is 35.9.